The third kappa shape index (κ3) is 4.45. The molecule has 0 fully saturated rings. The number of hydrogen-bond donors (Lipinski definition) is 1. The molecular weight excluding hydrogens is 448 g/mol. The van der Waals surface area contributed by atoms with Crippen molar-refractivity contribution in [3.63, 3.8) is 0 Å². The van der Waals surface area contributed by atoms with E-state index in [2.05, 4.69) is 5.32 Å². The van der Waals surface area contributed by atoms with Gasteiger partial charge in [-0.1, -0.05) is 24.3 Å². The van der Waals surface area contributed by atoms with Crippen molar-refractivity contribution in [2.24, 2.45) is 0 Å². The number of rotatable bonds is 6. The summed E-state index contributed by atoms with van der Waals surface area (Å²) in [6.07, 6.45) is 0.633. The Morgan fingerprint density at radius 2 is 1.78 bits per heavy atom. The van der Waals surface area contributed by atoms with Crippen LogP contribution in [0.4, 0.5) is 5.69 Å². The Balaban J connectivity index is 1.52. The highest BCUT2D eigenvalue weighted by molar-refractivity contribution is 7.89. The molecule has 1 aliphatic rings. The first kappa shape index (κ1) is 22.2. The molecule has 2 aromatic carbocycles. The van der Waals surface area contributed by atoms with Gasteiger partial charge in [0.25, 0.3) is 5.91 Å². The topological polar surface area (TPSA) is 92.8 Å². The summed E-state index contributed by atoms with van der Waals surface area (Å²) < 4.78 is 33.0. The van der Waals surface area contributed by atoms with E-state index in [0.717, 1.165) is 22.5 Å². The van der Waals surface area contributed by atoms with Crippen molar-refractivity contribution >= 4 is 38.9 Å². The average Bonchev–Trinajstić information content (AvgIpc) is 3.30. The highest BCUT2D eigenvalue weighted by Crippen LogP contribution is 2.30. The van der Waals surface area contributed by atoms with E-state index in [4.69, 9.17) is 4.74 Å². The number of anilines is 1. The molecule has 2 heterocycles. The molecule has 0 bridgehead atoms. The second-order valence-electron chi connectivity index (χ2n) is 7.22. The number of hydrogen-bond acceptors (Lipinski definition) is 6. The number of nitrogens with one attached hydrogen (secondary N) is 1. The molecule has 0 radical (unpaired) electrons. The molecule has 0 spiro atoms. The van der Waals surface area contributed by atoms with Crippen LogP contribution in [0.15, 0.2) is 64.9 Å². The van der Waals surface area contributed by atoms with Crippen LogP contribution in [0.2, 0.25) is 0 Å². The molecule has 3 aromatic rings. The van der Waals surface area contributed by atoms with Crippen LogP contribution in [0.5, 0.6) is 0 Å². The van der Waals surface area contributed by atoms with Crippen LogP contribution >= 0.6 is 11.3 Å². The van der Waals surface area contributed by atoms with Gasteiger partial charge in [-0.3, -0.25) is 4.79 Å². The first-order valence-corrected chi connectivity index (χ1v) is 12.4. The molecule has 0 atom stereocenters. The Kier molecular flexibility index (Phi) is 6.40. The standard InChI is InChI=1S/C23H22N2O5S2/c1-2-30-23(27)17-7-9-19(10-8-17)24-22(26)21-20(12-14-31-21)32(28,29)25-13-11-16-5-3-4-6-18(16)15-25/h3-10,12,14H,2,11,13,15H2,1H3,(H,24,26). The second-order valence-corrected chi connectivity index (χ2v) is 10.0. The number of ether oxygens (including phenoxy) is 1. The lowest BCUT2D eigenvalue weighted by molar-refractivity contribution is 0.0526. The van der Waals surface area contributed by atoms with E-state index in [9.17, 15) is 18.0 Å². The Labute approximate surface area is 190 Å². The predicted octanol–water partition coefficient (Wildman–Crippen LogP) is 3.92. The van der Waals surface area contributed by atoms with Gasteiger partial charge in [0, 0.05) is 18.8 Å². The number of carbonyl (C=O) groups excluding carboxylic acids is 2. The Bertz CT molecular complexity index is 1250. The Morgan fingerprint density at radius 3 is 2.50 bits per heavy atom. The summed E-state index contributed by atoms with van der Waals surface area (Å²) in [6.45, 7) is 2.65. The van der Waals surface area contributed by atoms with E-state index < -0.39 is 21.9 Å². The van der Waals surface area contributed by atoms with Crippen LogP contribution in [0.1, 0.15) is 38.1 Å². The van der Waals surface area contributed by atoms with Crippen molar-refractivity contribution in [3.8, 4) is 0 Å². The molecule has 1 aromatic heterocycles. The molecule has 0 unspecified atom stereocenters. The molecule has 166 valence electrons. The first-order valence-electron chi connectivity index (χ1n) is 10.1. The highest BCUT2D eigenvalue weighted by Gasteiger charge is 2.32. The van der Waals surface area contributed by atoms with Crippen molar-refractivity contribution < 1.29 is 22.7 Å². The van der Waals surface area contributed by atoms with E-state index in [1.165, 1.54) is 10.4 Å². The summed E-state index contributed by atoms with van der Waals surface area (Å²) in [6, 6.07) is 15.5. The summed E-state index contributed by atoms with van der Waals surface area (Å²) in [5, 5.41) is 4.31. The van der Waals surface area contributed by atoms with Crippen molar-refractivity contribution in [1.82, 2.24) is 4.31 Å². The van der Waals surface area contributed by atoms with Gasteiger partial charge in [0.2, 0.25) is 10.0 Å². The fraction of sp³-hybridized carbons (Fsp3) is 0.217. The Morgan fingerprint density at radius 1 is 1.06 bits per heavy atom. The number of fused-ring (bicyclic) bond motifs is 1. The second kappa shape index (κ2) is 9.23. The number of amides is 1. The van der Waals surface area contributed by atoms with Gasteiger partial charge in [-0.05, 0) is 60.2 Å². The minimum Gasteiger partial charge on any atom is -0.462 e. The van der Waals surface area contributed by atoms with E-state index in [1.807, 2.05) is 24.3 Å². The van der Waals surface area contributed by atoms with Crippen LogP contribution in [0.25, 0.3) is 0 Å². The zero-order valence-electron chi connectivity index (χ0n) is 17.4. The lowest BCUT2D eigenvalue weighted by Crippen LogP contribution is -2.36. The van der Waals surface area contributed by atoms with Gasteiger partial charge in [-0.15, -0.1) is 11.3 Å². The third-order valence-corrected chi connectivity index (χ3v) is 8.13. The lowest BCUT2D eigenvalue weighted by atomic mass is 10.0. The van der Waals surface area contributed by atoms with Crippen molar-refractivity contribution in [2.75, 3.05) is 18.5 Å². The Hall–Kier alpha value is -3.01. The molecule has 0 aliphatic carbocycles. The molecule has 1 amide bonds. The first-order chi connectivity index (χ1) is 15.4. The van der Waals surface area contributed by atoms with Crippen molar-refractivity contribution in [3.05, 3.63) is 81.5 Å². The summed E-state index contributed by atoms with van der Waals surface area (Å²) in [7, 11) is -3.83. The van der Waals surface area contributed by atoms with Crippen LogP contribution in [0.3, 0.4) is 0 Å². The number of sulfonamides is 1. The normalized spacial score (nSPS) is 13.9. The van der Waals surface area contributed by atoms with Crippen molar-refractivity contribution in [2.45, 2.75) is 24.8 Å². The number of thiophene rings is 1. The monoisotopic (exact) mass is 470 g/mol. The molecule has 1 aliphatic heterocycles. The maximum Gasteiger partial charge on any atom is 0.338 e. The van der Waals surface area contributed by atoms with Gasteiger partial charge >= 0.3 is 5.97 Å². The van der Waals surface area contributed by atoms with Gasteiger partial charge in [-0.25, -0.2) is 13.2 Å². The molecule has 0 saturated carbocycles. The summed E-state index contributed by atoms with van der Waals surface area (Å²) in [4.78, 5) is 24.8. The van der Waals surface area contributed by atoms with Crippen LogP contribution < -0.4 is 5.32 Å². The number of benzene rings is 2. The lowest BCUT2D eigenvalue weighted by Gasteiger charge is -2.28. The van der Waals surface area contributed by atoms with Gasteiger partial charge < -0.3 is 10.1 Å². The number of carbonyl (C=O) groups is 2. The fourth-order valence-corrected chi connectivity index (χ4v) is 6.29. The smallest absolute Gasteiger partial charge is 0.338 e. The van der Waals surface area contributed by atoms with Crippen LogP contribution in [0, 0.1) is 0 Å². The summed E-state index contributed by atoms with van der Waals surface area (Å²) in [5.74, 6) is -0.958. The van der Waals surface area contributed by atoms with Gasteiger partial charge in [-0.2, -0.15) is 4.31 Å². The number of esters is 1. The maximum absolute atomic E-state index is 13.3. The van der Waals surface area contributed by atoms with Crippen molar-refractivity contribution in [1.29, 1.82) is 0 Å². The highest BCUT2D eigenvalue weighted by atomic mass is 32.2. The minimum absolute atomic E-state index is 0.00234. The number of nitrogens with zero attached hydrogens (tertiary/aromatic N) is 1. The maximum atomic E-state index is 13.3. The molecule has 32 heavy (non-hydrogen) atoms. The largest absolute Gasteiger partial charge is 0.462 e. The van der Waals surface area contributed by atoms with Crippen LogP contribution in [-0.2, 0) is 27.7 Å². The fourth-order valence-electron chi connectivity index (χ4n) is 3.57. The molecule has 0 saturated heterocycles. The molecular formula is C23H22N2O5S2. The SMILES string of the molecule is CCOC(=O)c1ccc(NC(=O)c2sccc2S(=O)(=O)N2CCc3ccccc3C2)cc1. The summed E-state index contributed by atoms with van der Waals surface area (Å²) >= 11 is 1.08. The van der Waals surface area contributed by atoms with Crippen LogP contribution in [-0.4, -0.2) is 37.8 Å². The average molecular weight is 471 g/mol. The van der Waals surface area contributed by atoms with Gasteiger partial charge in [0.15, 0.2) is 0 Å². The van der Waals surface area contributed by atoms with E-state index in [0.29, 0.717) is 24.2 Å². The zero-order chi connectivity index (χ0) is 22.7. The zero-order valence-corrected chi connectivity index (χ0v) is 19.0. The van der Waals surface area contributed by atoms with E-state index in [1.54, 1.807) is 36.6 Å². The van der Waals surface area contributed by atoms with E-state index in [-0.39, 0.29) is 22.9 Å². The third-order valence-electron chi connectivity index (χ3n) is 5.20. The quantitative estimate of drug-likeness (QED) is 0.551. The summed E-state index contributed by atoms with van der Waals surface area (Å²) in [5.41, 5.74) is 2.94. The minimum atomic E-state index is -3.83. The predicted molar refractivity (Wildman–Crippen MR) is 122 cm³/mol. The molecule has 4 rings (SSSR count). The molecule has 7 nitrogen and oxygen atoms in total. The van der Waals surface area contributed by atoms with E-state index >= 15 is 0 Å². The molecule has 9 heteroatoms. The van der Waals surface area contributed by atoms with Gasteiger partial charge in [0.1, 0.15) is 9.77 Å². The molecule has 1 N–H and O–H groups in total. The van der Waals surface area contributed by atoms with Gasteiger partial charge in [0.05, 0.1) is 12.2 Å².